The van der Waals surface area contributed by atoms with Gasteiger partial charge in [-0.25, -0.2) is 9.78 Å². The number of pyridine rings is 1. The summed E-state index contributed by atoms with van der Waals surface area (Å²) in [5.74, 6) is 0.943. The Hall–Kier alpha value is -3.95. The molecule has 0 radical (unpaired) electrons. The maximum Gasteiger partial charge on any atom is 0.416 e. The van der Waals surface area contributed by atoms with Crippen LogP contribution in [0.5, 0.6) is 11.6 Å². The van der Waals surface area contributed by atoms with Gasteiger partial charge >= 0.3 is 11.9 Å². The molecule has 1 unspecified atom stereocenters. The molecule has 37 heavy (non-hydrogen) atoms. The fourth-order valence-electron chi connectivity index (χ4n) is 5.29. The zero-order valence-electron chi connectivity index (χ0n) is 20.7. The van der Waals surface area contributed by atoms with Gasteiger partial charge in [-0.15, -0.1) is 0 Å². The molecule has 1 saturated heterocycles. The number of anilines is 1. The molecule has 2 aromatic carbocycles. The second-order valence-electron chi connectivity index (χ2n) is 9.10. The first kappa shape index (κ1) is 24.7. The summed E-state index contributed by atoms with van der Waals surface area (Å²) in [6.07, 6.45) is -2.17. The van der Waals surface area contributed by atoms with Gasteiger partial charge in [-0.05, 0) is 48.7 Å². The molecule has 7 nitrogen and oxygen atoms in total. The maximum absolute atomic E-state index is 13.9. The van der Waals surface area contributed by atoms with Gasteiger partial charge in [0.05, 0.1) is 37.9 Å². The minimum atomic E-state index is -4.53. The molecule has 194 valence electrons. The van der Waals surface area contributed by atoms with Crippen LogP contribution in [0.3, 0.4) is 0 Å². The summed E-state index contributed by atoms with van der Waals surface area (Å²) in [6.45, 7) is 2.95. The third kappa shape index (κ3) is 4.30. The van der Waals surface area contributed by atoms with Gasteiger partial charge in [-0.2, -0.15) is 13.2 Å². The van der Waals surface area contributed by atoms with Crippen LogP contribution in [0.4, 0.5) is 18.9 Å². The number of hydrogen-bond acceptors (Lipinski definition) is 5. The van der Waals surface area contributed by atoms with Crippen molar-refractivity contribution in [1.82, 2.24) is 14.1 Å². The third-order valence-electron chi connectivity index (χ3n) is 6.95. The first-order chi connectivity index (χ1) is 17.7. The fraction of sp³-hybridized carbons (Fsp3) is 0.333. The van der Waals surface area contributed by atoms with Crippen LogP contribution >= 0.6 is 0 Å². The summed E-state index contributed by atoms with van der Waals surface area (Å²) < 4.78 is 55.3. The molecule has 0 bridgehead atoms. The topological polar surface area (TPSA) is 61.5 Å². The molecule has 1 fully saturated rings. The van der Waals surface area contributed by atoms with Crippen molar-refractivity contribution in [2.75, 3.05) is 32.2 Å². The van der Waals surface area contributed by atoms with Crippen molar-refractivity contribution < 1.29 is 22.6 Å². The molecule has 5 rings (SSSR count). The normalized spacial score (nSPS) is 15.9. The van der Waals surface area contributed by atoms with Crippen LogP contribution in [0, 0.1) is 6.92 Å². The molecule has 0 saturated carbocycles. The molecular weight excluding hydrogens is 485 g/mol. The van der Waals surface area contributed by atoms with Gasteiger partial charge in [0.25, 0.3) is 0 Å². The number of alkyl halides is 3. The summed E-state index contributed by atoms with van der Waals surface area (Å²) in [5, 5.41) is 0. The Labute approximate surface area is 211 Å². The lowest BCUT2D eigenvalue weighted by atomic mass is 10.1. The van der Waals surface area contributed by atoms with Crippen molar-refractivity contribution in [3.05, 3.63) is 81.9 Å². The SMILES string of the molecule is COc1nccc(C)c1N1CCC(n2c(=O)n(Cc3ccccc3C(F)(F)F)c3c(OC)cccc32)C1. The van der Waals surface area contributed by atoms with E-state index in [-0.39, 0.29) is 23.8 Å². The molecule has 1 atom stereocenters. The van der Waals surface area contributed by atoms with Gasteiger partial charge < -0.3 is 14.4 Å². The molecule has 2 aromatic heterocycles. The molecule has 4 aromatic rings. The number of benzene rings is 2. The first-order valence-corrected chi connectivity index (χ1v) is 11.9. The number of aromatic nitrogens is 3. The number of methoxy groups -OCH3 is 2. The van der Waals surface area contributed by atoms with Crippen LogP contribution in [0.1, 0.15) is 29.2 Å². The van der Waals surface area contributed by atoms with Crippen LogP contribution in [0.2, 0.25) is 0 Å². The highest BCUT2D eigenvalue weighted by molar-refractivity contribution is 5.83. The molecule has 0 amide bonds. The highest BCUT2D eigenvalue weighted by Crippen LogP contribution is 2.37. The Morgan fingerprint density at radius 1 is 1.05 bits per heavy atom. The van der Waals surface area contributed by atoms with Gasteiger partial charge in [0, 0.05) is 19.3 Å². The highest BCUT2D eigenvalue weighted by atomic mass is 19.4. The minimum absolute atomic E-state index is 0.0193. The Balaban J connectivity index is 1.61. The van der Waals surface area contributed by atoms with Crippen LogP contribution in [0.25, 0.3) is 11.0 Å². The Morgan fingerprint density at radius 2 is 1.84 bits per heavy atom. The van der Waals surface area contributed by atoms with Gasteiger partial charge in [-0.3, -0.25) is 9.13 Å². The lowest BCUT2D eigenvalue weighted by Crippen LogP contribution is -2.30. The predicted octanol–water partition coefficient (Wildman–Crippen LogP) is 5.04. The number of fused-ring (bicyclic) bond motifs is 1. The van der Waals surface area contributed by atoms with Crippen LogP contribution in [-0.2, 0) is 12.7 Å². The molecule has 10 heteroatoms. The lowest BCUT2D eigenvalue weighted by molar-refractivity contribution is -0.138. The van der Waals surface area contributed by atoms with Crippen molar-refractivity contribution >= 4 is 16.7 Å². The highest BCUT2D eigenvalue weighted by Gasteiger charge is 2.34. The van der Waals surface area contributed by atoms with Crippen molar-refractivity contribution in [3.63, 3.8) is 0 Å². The molecule has 0 N–H and O–H groups in total. The first-order valence-electron chi connectivity index (χ1n) is 11.9. The number of halogens is 3. The van der Waals surface area contributed by atoms with Crippen LogP contribution < -0.4 is 20.1 Å². The maximum atomic E-state index is 13.9. The number of nitrogens with zero attached hydrogens (tertiary/aromatic N) is 4. The number of rotatable bonds is 6. The standard InChI is InChI=1S/C27H27F3N4O3/c1-17-11-13-31-25(37-3)23(17)32-14-12-19(16-32)34-21-9-6-10-22(36-2)24(21)33(26(34)35)15-18-7-4-5-8-20(18)27(28,29)30/h4-11,13,19H,12,14-16H2,1-3H3. The van der Waals surface area contributed by atoms with Crippen molar-refractivity contribution in [2.24, 2.45) is 0 Å². The summed E-state index contributed by atoms with van der Waals surface area (Å²) >= 11 is 0. The van der Waals surface area contributed by atoms with E-state index in [9.17, 15) is 18.0 Å². The van der Waals surface area contributed by atoms with E-state index in [2.05, 4.69) is 9.88 Å². The van der Waals surface area contributed by atoms with Gasteiger partial charge in [0.2, 0.25) is 5.88 Å². The van der Waals surface area contributed by atoms with Crippen molar-refractivity contribution in [1.29, 1.82) is 0 Å². The number of ether oxygens (including phenoxy) is 2. The van der Waals surface area contributed by atoms with Crippen molar-refractivity contribution in [3.8, 4) is 11.6 Å². The molecule has 3 heterocycles. The second kappa shape index (κ2) is 9.49. The van der Waals surface area contributed by atoms with Crippen LogP contribution in [-0.4, -0.2) is 41.4 Å². The number of aryl methyl sites for hydroxylation is 1. The largest absolute Gasteiger partial charge is 0.494 e. The molecular formula is C27H27F3N4O3. The smallest absolute Gasteiger partial charge is 0.416 e. The van der Waals surface area contributed by atoms with E-state index in [4.69, 9.17) is 9.47 Å². The van der Waals surface area contributed by atoms with Crippen LogP contribution in [0.15, 0.2) is 59.5 Å². The number of hydrogen-bond donors (Lipinski definition) is 0. The summed E-state index contributed by atoms with van der Waals surface area (Å²) in [5.41, 5.74) is 1.86. The van der Waals surface area contributed by atoms with Gasteiger partial charge in [0.15, 0.2) is 0 Å². The van der Waals surface area contributed by atoms with E-state index < -0.39 is 11.7 Å². The fourth-order valence-corrected chi connectivity index (χ4v) is 5.29. The Kier molecular flexibility index (Phi) is 6.35. The Morgan fingerprint density at radius 3 is 2.57 bits per heavy atom. The molecule has 0 aliphatic carbocycles. The summed E-state index contributed by atoms with van der Waals surface area (Å²) in [4.78, 5) is 20.3. The zero-order chi connectivity index (χ0) is 26.3. The number of para-hydroxylation sites is 1. The average molecular weight is 513 g/mol. The zero-order valence-corrected chi connectivity index (χ0v) is 20.7. The van der Waals surface area contributed by atoms with E-state index in [1.165, 1.54) is 23.8 Å². The molecule has 1 aliphatic rings. The molecule has 1 aliphatic heterocycles. The van der Waals surface area contributed by atoms with E-state index >= 15 is 0 Å². The van der Waals surface area contributed by atoms with E-state index in [0.717, 1.165) is 17.3 Å². The summed E-state index contributed by atoms with van der Waals surface area (Å²) in [7, 11) is 3.06. The van der Waals surface area contributed by atoms with Gasteiger partial charge in [-0.1, -0.05) is 24.3 Å². The monoisotopic (exact) mass is 512 g/mol. The van der Waals surface area contributed by atoms with Crippen molar-refractivity contribution in [2.45, 2.75) is 32.1 Å². The molecule has 0 spiro atoms. The van der Waals surface area contributed by atoms with Gasteiger partial charge in [0.1, 0.15) is 17.0 Å². The number of imidazole rings is 1. The minimum Gasteiger partial charge on any atom is -0.494 e. The third-order valence-corrected chi connectivity index (χ3v) is 6.95. The average Bonchev–Trinajstić information content (AvgIpc) is 3.45. The van der Waals surface area contributed by atoms with E-state index in [1.807, 2.05) is 19.1 Å². The predicted molar refractivity (Wildman–Crippen MR) is 135 cm³/mol. The van der Waals surface area contributed by atoms with E-state index in [0.29, 0.717) is 42.2 Å². The van der Waals surface area contributed by atoms with E-state index in [1.54, 1.807) is 36.1 Å². The quantitative estimate of drug-likeness (QED) is 0.362. The second-order valence-corrected chi connectivity index (χ2v) is 9.10. The lowest BCUT2D eigenvalue weighted by Gasteiger charge is -2.22. The Bertz CT molecular complexity index is 1510. The summed E-state index contributed by atoms with van der Waals surface area (Å²) in [6, 6.07) is 12.3.